The first kappa shape index (κ1) is 18.0. The molecular formula is C18H22N6O2S. The standard InChI is InChI=1S/C18H22N6O2S/c19-16(26)14-5-1-2-9-23(14)15(25)11-27-18-22-21-17(24(18)13-6-7-13)12-4-3-8-20-10-12/h3-4,8,10,13-14H,1-2,5-7,9,11H2,(H2,19,26)/t14-/m0/s1. The Labute approximate surface area is 161 Å². The molecule has 1 aliphatic heterocycles. The van der Waals surface area contributed by atoms with Crippen LogP contribution in [0.2, 0.25) is 0 Å². The molecule has 0 spiro atoms. The Hall–Kier alpha value is -2.42. The van der Waals surface area contributed by atoms with E-state index in [9.17, 15) is 9.59 Å². The number of likely N-dealkylation sites (tertiary alicyclic amines) is 1. The van der Waals surface area contributed by atoms with Gasteiger partial charge in [-0.05, 0) is 44.2 Å². The van der Waals surface area contributed by atoms with Crippen molar-refractivity contribution in [2.75, 3.05) is 12.3 Å². The first-order valence-corrected chi connectivity index (χ1v) is 10.2. The monoisotopic (exact) mass is 386 g/mol. The molecule has 1 atom stereocenters. The second-order valence-corrected chi connectivity index (χ2v) is 7.88. The van der Waals surface area contributed by atoms with Crippen LogP contribution >= 0.6 is 11.8 Å². The lowest BCUT2D eigenvalue weighted by Gasteiger charge is -2.33. The maximum absolute atomic E-state index is 12.7. The number of aromatic nitrogens is 4. The molecule has 2 aromatic rings. The largest absolute Gasteiger partial charge is 0.368 e. The topological polar surface area (TPSA) is 107 Å². The molecular weight excluding hydrogens is 364 g/mol. The summed E-state index contributed by atoms with van der Waals surface area (Å²) in [5, 5.41) is 9.38. The third-order valence-electron chi connectivity index (χ3n) is 4.97. The summed E-state index contributed by atoms with van der Waals surface area (Å²) in [7, 11) is 0. The van der Waals surface area contributed by atoms with Gasteiger partial charge in [-0.15, -0.1) is 10.2 Å². The van der Waals surface area contributed by atoms with Crippen LogP contribution in [-0.2, 0) is 9.59 Å². The lowest BCUT2D eigenvalue weighted by atomic mass is 10.0. The number of amides is 2. The van der Waals surface area contributed by atoms with Crippen molar-refractivity contribution in [2.24, 2.45) is 5.73 Å². The van der Waals surface area contributed by atoms with Gasteiger partial charge in [-0.3, -0.25) is 19.1 Å². The number of primary amides is 1. The fourth-order valence-corrected chi connectivity index (χ4v) is 4.36. The summed E-state index contributed by atoms with van der Waals surface area (Å²) in [5.74, 6) is 0.514. The molecule has 142 valence electrons. The molecule has 1 saturated carbocycles. The van der Waals surface area contributed by atoms with Gasteiger partial charge in [0, 0.05) is 30.5 Å². The third-order valence-corrected chi connectivity index (χ3v) is 5.90. The minimum atomic E-state index is -0.487. The highest BCUT2D eigenvalue weighted by atomic mass is 32.2. The summed E-state index contributed by atoms with van der Waals surface area (Å²) in [5.41, 5.74) is 6.39. The molecule has 2 aliphatic rings. The molecule has 2 N–H and O–H groups in total. The molecule has 0 unspecified atom stereocenters. The first-order valence-electron chi connectivity index (χ1n) is 9.22. The lowest BCUT2D eigenvalue weighted by molar-refractivity contribution is -0.138. The van der Waals surface area contributed by atoms with Crippen molar-refractivity contribution in [3.05, 3.63) is 24.5 Å². The molecule has 2 fully saturated rings. The second-order valence-electron chi connectivity index (χ2n) is 6.94. The normalized spacial score (nSPS) is 19.9. The van der Waals surface area contributed by atoms with Crippen LogP contribution in [0.5, 0.6) is 0 Å². The molecule has 2 amide bonds. The van der Waals surface area contributed by atoms with Gasteiger partial charge in [-0.2, -0.15) is 0 Å². The molecule has 0 radical (unpaired) electrons. The molecule has 1 aliphatic carbocycles. The van der Waals surface area contributed by atoms with E-state index in [1.807, 2.05) is 12.1 Å². The van der Waals surface area contributed by atoms with Crippen LogP contribution in [0.1, 0.15) is 38.1 Å². The highest BCUT2D eigenvalue weighted by Gasteiger charge is 2.33. The van der Waals surface area contributed by atoms with Crippen LogP contribution in [-0.4, -0.2) is 54.8 Å². The number of nitrogens with two attached hydrogens (primary N) is 1. The number of pyridine rings is 1. The zero-order valence-corrected chi connectivity index (χ0v) is 15.8. The number of piperidine rings is 1. The van der Waals surface area contributed by atoms with Crippen molar-refractivity contribution >= 4 is 23.6 Å². The van der Waals surface area contributed by atoms with Crippen molar-refractivity contribution in [3.63, 3.8) is 0 Å². The Balaban J connectivity index is 1.49. The van der Waals surface area contributed by atoms with Crippen LogP contribution in [0.25, 0.3) is 11.4 Å². The summed E-state index contributed by atoms with van der Waals surface area (Å²) in [6.07, 6.45) is 8.15. The van der Waals surface area contributed by atoms with E-state index in [4.69, 9.17) is 5.73 Å². The average molecular weight is 386 g/mol. The van der Waals surface area contributed by atoms with E-state index in [0.717, 1.165) is 42.2 Å². The smallest absolute Gasteiger partial charge is 0.240 e. The van der Waals surface area contributed by atoms with Gasteiger partial charge in [0.25, 0.3) is 0 Å². The molecule has 27 heavy (non-hydrogen) atoms. The van der Waals surface area contributed by atoms with Crippen molar-refractivity contribution in [1.29, 1.82) is 0 Å². The zero-order chi connectivity index (χ0) is 18.8. The third kappa shape index (κ3) is 3.83. The predicted octanol–water partition coefficient (Wildman–Crippen LogP) is 1.63. The SMILES string of the molecule is NC(=O)[C@@H]1CCCCN1C(=O)CSc1nnc(-c2cccnc2)n1C1CC1. The summed E-state index contributed by atoms with van der Waals surface area (Å²) < 4.78 is 2.11. The quantitative estimate of drug-likeness (QED) is 0.756. The maximum Gasteiger partial charge on any atom is 0.240 e. The van der Waals surface area contributed by atoms with Gasteiger partial charge in [0.15, 0.2) is 11.0 Å². The molecule has 1 saturated heterocycles. The van der Waals surface area contributed by atoms with Crippen LogP contribution < -0.4 is 5.73 Å². The molecule has 9 heteroatoms. The number of hydrogen-bond donors (Lipinski definition) is 1. The number of hydrogen-bond acceptors (Lipinski definition) is 6. The number of nitrogens with zero attached hydrogens (tertiary/aromatic N) is 5. The Kier molecular flexibility index (Phi) is 5.11. The fourth-order valence-electron chi connectivity index (χ4n) is 3.46. The molecule has 2 aromatic heterocycles. The Bertz CT molecular complexity index is 836. The molecule has 8 nitrogen and oxygen atoms in total. The highest BCUT2D eigenvalue weighted by molar-refractivity contribution is 7.99. The second kappa shape index (κ2) is 7.67. The van der Waals surface area contributed by atoms with E-state index in [2.05, 4.69) is 19.7 Å². The molecule has 3 heterocycles. The van der Waals surface area contributed by atoms with Crippen LogP contribution in [0, 0.1) is 0 Å². The number of thioether (sulfide) groups is 1. The van der Waals surface area contributed by atoms with E-state index in [-0.39, 0.29) is 11.7 Å². The van der Waals surface area contributed by atoms with Crippen LogP contribution in [0.4, 0.5) is 0 Å². The Morgan fingerprint density at radius 2 is 2.07 bits per heavy atom. The molecule has 4 rings (SSSR count). The van der Waals surface area contributed by atoms with Gasteiger partial charge in [0.2, 0.25) is 11.8 Å². The first-order chi connectivity index (χ1) is 13.1. The van der Waals surface area contributed by atoms with Crippen LogP contribution in [0.3, 0.4) is 0 Å². The van der Waals surface area contributed by atoms with Gasteiger partial charge in [-0.1, -0.05) is 11.8 Å². The number of carbonyl (C=O) groups is 2. The maximum atomic E-state index is 12.7. The van der Waals surface area contributed by atoms with Gasteiger partial charge in [-0.25, -0.2) is 0 Å². The van der Waals surface area contributed by atoms with E-state index in [1.54, 1.807) is 17.3 Å². The van der Waals surface area contributed by atoms with Gasteiger partial charge in [0.05, 0.1) is 5.75 Å². The molecule has 0 bridgehead atoms. The van der Waals surface area contributed by atoms with E-state index < -0.39 is 11.9 Å². The summed E-state index contributed by atoms with van der Waals surface area (Å²) >= 11 is 1.37. The van der Waals surface area contributed by atoms with Crippen molar-refractivity contribution < 1.29 is 9.59 Å². The molecule has 0 aromatic carbocycles. The summed E-state index contributed by atoms with van der Waals surface area (Å²) in [4.78, 5) is 30.1. The Morgan fingerprint density at radius 3 is 2.78 bits per heavy atom. The van der Waals surface area contributed by atoms with Crippen LogP contribution in [0.15, 0.2) is 29.7 Å². The van der Waals surface area contributed by atoms with Gasteiger partial charge >= 0.3 is 0 Å². The van der Waals surface area contributed by atoms with E-state index >= 15 is 0 Å². The van der Waals surface area contributed by atoms with Crippen molar-refractivity contribution in [1.82, 2.24) is 24.6 Å². The lowest BCUT2D eigenvalue weighted by Crippen LogP contribution is -2.51. The minimum absolute atomic E-state index is 0.0724. The predicted molar refractivity (Wildman–Crippen MR) is 101 cm³/mol. The van der Waals surface area contributed by atoms with Gasteiger partial charge < -0.3 is 10.6 Å². The summed E-state index contributed by atoms with van der Waals surface area (Å²) in [6.45, 7) is 0.587. The van der Waals surface area contributed by atoms with E-state index in [0.29, 0.717) is 19.0 Å². The fraction of sp³-hybridized carbons (Fsp3) is 0.500. The summed E-state index contributed by atoms with van der Waals surface area (Å²) in [6, 6.07) is 3.72. The van der Waals surface area contributed by atoms with E-state index in [1.165, 1.54) is 11.8 Å². The number of rotatable bonds is 6. The average Bonchev–Trinajstić information content (AvgIpc) is 3.45. The van der Waals surface area contributed by atoms with Crippen molar-refractivity contribution in [3.8, 4) is 11.4 Å². The minimum Gasteiger partial charge on any atom is -0.368 e. The number of carbonyl (C=O) groups excluding carboxylic acids is 2. The van der Waals surface area contributed by atoms with Gasteiger partial charge in [0.1, 0.15) is 6.04 Å². The zero-order valence-electron chi connectivity index (χ0n) is 15.0. The highest BCUT2D eigenvalue weighted by Crippen LogP contribution is 2.41. The van der Waals surface area contributed by atoms with Crippen molar-refractivity contribution in [2.45, 2.75) is 49.3 Å². The Morgan fingerprint density at radius 1 is 1.22 bits per heavy atom.